The Hall–Kier alpha value is -2.10. The molecule has 3 fully saturated rings. The number of aromatic nitrogens is 3. The van der Waals surface area contributed by atoms with E-state index in [9.17, 15) is 22.4 Å². The van der Waals surface area contributed by atoms with Crippen LogP contribution in [0.3, 0.4) is 0 Å². The van der Waals surface area contributed by atoms with Gasteiger partial charge < -0.3 is 9.64 Å². The molecule has 1 amide bonds. The van der Waals surface area contributed by atoms with Crippen molar-refractivity contribution in [3.8, 4) is 0 Å². The van der Waals surface area contributed by atoms with Crippen LogP contribution in [0.4, 0.5) is 22.4 Å². The van der Waals surface area contributed by atoms with Crippen LogP contribution in [-0.2, 0) is 10.9 Å². The number of hydrogen-bond donors (Lipinski definition) is 0. The van der Waals surface area contributed by atoms with Gasteiger partial charge in [-0.1, -0.05) is 11.6 Å². The van der Waals surface area contributed by atoms with Crippen molar-refractivity contribution in [2.45, 2.75) is 57.3 Å². The predicted molar refractivity (Wildman–Crippen MR) is 103 cm³/mol. The summed E-state index contributed by atoms with van der Waals surface area (Å²) >= 11 is 5.72. The van der Waals surface area contributed by atoms with Crippen molar-refractivity contribution in [3.63, 3.8) is 0 Å². The molecule has 11 heteroatoms. The van der Waals surface area contributed by atoms with E-state index in [1.54, 1.807) is 25.7 Å². The molecule has 0 N–H and O–H groups in total. The molecule has 0 spiro atoms. The maximum absolute atomic E-state index is 14.8. The Balaban J connectivity index is 1.52. The van der Waals surface area contributed by atoms with Crippen LogP contribution >= 0.6 is 11.6 Å². The van der Waals surface area contributed by atoms with Gasteiger partial charge in [0.15, 0.2) is 16.7 Å². The number of alkyl halides is 3. The van der Waals surface area contributed by atoms with E-state index in [-0.39, 0.29) is 40.4 Å². The van der Waals surface area contributed by atoms with Crippen LogP contribution < -0.4 is 0 Å². The van der Waals surface area contributed by atoms with E-state index in [4.69, 9.17) is 16.3 Å². The van der Waals surface area contributed by atoms with Crippen LogP contribution in [0.15, 0.2) is 0 Å². The molecule has 1 aliphatic heterocycles. The van der Waals surface area contributed by atoms with E-state index in [1.807, 2.05) is 0 Å². The highest BCUT2D eigenvalue weighted by Gasteiger charge is 2.60. The maximum Gasteiger partial charge on any atom is 0.434 e. The largest absolute Gasteiger partial charge is 0.444 e. The van der Waals surface area contributed by atoms with Crippen molar-refractivity contribution < 1.29 is 27.1 Å². The summed E-state index contributed by atoms with van der Waals surface area (Å²) in [5.74, 6) is -1.35. The number of hydrogen-bond acceptors (Lipinski definition) is 4. The van der Waals surface area contributed by atoms with Gasteiger partial charge in [0.2, 0.25) is 0 Å². The van der Waals surface area contributed by atoms with E-state index >= 15 is 0 Å². The first kappa shape index (κ1) is 20.8. The van der Waals surface area contributed by atoms with E-state index in [0.717, 1.165) is 12.8 Å². The summed E-state index contributed by atoms with van der Waals surface area (Å²) in [5.41, 5.74) is -1.85. The van der Waals surface area contributed by atoms with Crippen LogP contribution in [0.5, 0.6) is 0 Å². The lowest BCUT2D eigenvalue weighted by Gasteiger charge is -2.25. The summed E-state index contributed by atoms with van der Waals surface area (Å²) < 4.78 is 62.9. The molecule has 2 aliphatic carbocycles. The second kappa shape index (κ2) is 6.46. The molecule has 5 rings (SSSR count). The van der Waals surface area contributed by atoms with Gasteiger partial charge in [0, 0.05) is 19.0 Å². The quantitative estimate of drug-likeness (QED) is 0.459. The van der Waals surface area contributed by atoms with Gasteiger partial charge in [-0.05, 0) is 45.4 Å². The fraction of sp³-hybridized carbons (Fsp3) is 0.650. The molecule has 2 saturated carbocycles. The van der Waals surface area contributed by atoms with Crippen molar-refractivity contribution >= 4 is 28.6 Å². The number of likely N-dealkylation sites (tertiary alicyclic amines) is 1. The fourth-order valence-corrected chi connectivity index (χ4v) is 4.80. The zero-order valence-electron chi connectivity index (χ0n) is 17.1. The zero-order valence-corrected chi connectivity index (χ0v) is 17.9. The summed E-state index contributed by atoms with van der Waals surface area (Å²) in [7, 11) is 0. The number of fused-ring (bicyclic) bond motifs is 2. The molecule has 31 heavy (non-hydrogen) atoms. The van der Waals surface area contributed by atoms with Crippen LogP contribution in [-0.4, -0.2) is 44.4 Å². The van der Waals surface area contributed by atoms with Gasteiger partial charge in [0.1, 0.15) is 11.1 Å². The molecule has 0 bridgehead atoms. The first-order valence-electron chi connectivity index (χ1n) is 10.2. The van der Waals surface area contributed by atoms with E-state index in [0.29, 0.717) is 13.1 Å². The Bertz CT molecular complexity index is 1080. The van der Waals surface area contributed by atoms with Gasteiger partial charge in [0.25, 0.3) is 0 Å². The van der Waals surface area contributed by atoms with Gasteiger partial charge in [-0.25, -0.2) is 14.2 Å². The number of ether oxygens (including phenoxy) is 1. The normalized spacial score (nSPS) is 25.8. The molecule has 6 nitrogen and oxygen atoms in total. The average Bonchev–Trinajstić information content (AvgIpc) is 3.51. The number of amides is 1. The van der Waals surface area contributed by atoms with Crippen molar-refractivity contribution in [2.24, 2.45) is 11.8 Å². The van der Waals surface area contributed by atoms with Crippen LogP contribution in [0.1, 0.15) is 57.0 Å². The van der Waals surface area contributed by atoms with Crippen molar-refractivity contribution in [3.05, 3.63) is 22.4 Å². The Kier molecular flexibility index (Phi) is 4.33. The van der Waals surface area contributed by atoms with Gasteiger partial charge >= 0.3 is 12.3 Å². The van der Waals surface area contributed by atoms with E-state index < -0.39 is 34.5 Å². The molecule has 1 unspecified atom stereocenters. The second-order valence-corrected chi connectivity index (χ2v) is 9.94. The predicted octanol–water partition coefficient (Wildman–Crippen LogP) is 5.16. The summed E-state index contributed by atoms with van der Waals surface area (Å²) in [5, 5.41) is 3.34. The summed E-state index contributed by atoms with van der Waals surface area (Å²) in [6, 6.07) is -0.137. The zero-order chi connectivity index (χ0) is 22.5. The highest BCUT2D eigenvalue weighted by atomic mass is 35.5. The molecule has 0 aromatic carbocycles. The Labute approximate surface area is 180 Å². The third-order valence-electron chi connectivity index (χ3n) is 6.10. The number of piperidine rings is 1. The van der Waals surface area contributed by atoms with Gasteiger partial charge in [-0.2, -0.15) is 18.3 Å². The Morgan fingerprint density at radius 2 is 1.77 bits per heavy atom. The number of halogens is 5. The Morgan fingerprint density at radius 1 is 1.16 bits per heavy atom. The number of pyridine rings is 1. The lowest BCUT2D eigenvalue weighted by Crippen LogP contribution is -2.36. The topological polar surface area (TPSA) is 60.2 Å². The summed E-state index contributed by atoms with van der Waals surface area (Å²) in [6.07, 6.45) is -3.79. The highest BCUT2D eigenvalue weighted by molar-refractivity contribution is 6.30. The van der Waals surface area contributed by atoms with Crippen molar-refractivity contribution in [2.75, 3.05) is 13.1 Å². The smallest absolute Gasteiger partial charge is 0.434 e. The third kappa shape index (κ3) is 3.43. The van der Waals surface area contributed by atoms with Crippen LogP contribution in [0, 0.1) is 17.7 Å². The first-order valence-corrected chi connectivity index (χ1v) is 10.6. The molecule has 168 valence electrons. The van der Waals surface area contributed by atoms with E-state index in [1.165, 1.54) is 4.68 Å². The third-order valence-corrected chi connectivity index (χ3v) is 6.35. The molecule has 2 aromatic heterocycles. The number of rotatable bonds is 2. The Morgan fingerprint density at radius 3 is 2.29 bits per heavy atom. The van der Waals surface area contributed by atoms with Crippen molar-refractivity contribution in [1.82, 2.24) is 19.7 Å². The molecular weight excluding hydrogens is 440 g/mol. The molecule has 2 aromatic rings. The van der Waals surface area contributed by atoms with Gasteiger partial charge in [0.05, 0.1) is 17.1 Å². The fourth-order valence-electron chi connectivity index (χ4n) is 4.63. The highest BCUT2D eigenvalue weighted by Crippen LogP contribution is 2.60. The minimum atomic E-state index is -4.80. The number of carbonyl (C=O) groups excluding carboxylic acids is 1. The summed E-state index contributed by atoms with van der Waals surface area (Å²) in [4.78, 5) is 17.2. The van der Waals surface area contributed by atoms with Gasteiger partial charge in [-0.15, -0.1) is 0 Å². The number of carbonyl (C=O) groups is 1. The average molecular weight is 461 g/mol. The molecule has 3 aliphatic rings. The maximum atomic E-state index is 14.8. The first-order chi connectivity index (χ1) is 14.4. The molecule has 1 saturated heterocycles. The summed E-state index contributed by atoms with van der Waals surface area (Å²) in [6.45, 7) is 6.05. The van der Waals surface area contributed by atoms with Crippen molar-refractivity contribution in [1.29, 1.82) is 0 Å². The number of nitrogens with zero attached hydrogens (tertiary/aromatic N) is 4. The standard InChI is InChI=1S/C20H21ClF4N4O2/c1-19(2,3)31-18(30)28-6-9-10(7-28)11(9)14-12-15(29(27-14)8-4-5-8)13(22)17(21)26-16(12)20(23,24)25/h8-11H,4-7H2,1-3H3/t9-,10+,11?. The molecule has 3 atom stereocenters. The van der Waals surface area contributed by atoms with E-state index in [2.05, 4.69) is 10.1 Å². The van der Waals surface area contributed by atoms with Crippen LogP contribution in [0.25, 0.3) is 10.9 Å². The van der Waals surface area contributed by atoms with Crippen LogP contribution in [0.2, 0.25) is 5.15 Å². The lowest BCUT2D eigenvalue weighted by atomic mass is 10.1. The monoisotopic (exact) mass is 460 g/mol. The minimum absolute atomic E-state index is 0.0434. The molecular formula is C20H21ClF4N4O2. The lowest BCUT2D eigenvalue weighted by molar-refractivity contribution is -0.139. The van der Waals surface area contributed by atoms with Gasteiger partial charge in [-0.3, -0.25) is 4.68 Å². The molecule has 3 heterocycles. The molecule has 0 radical (unpaired) electrons. The second-order valence-electron chi connectivity index (χ2n) is 9.59. The minimum Gasteiger partial charge on any atom is -0.444 e. The SMILES string of the molecule is CC(C)(C)OC(=O)N1C[C@@H]2C(c3nn(C4CC4)c4c(F)c(Cl)nc(C(F)(F)F)c34)[C@@H]2C1.